The van der Waals surface area contributed by atoms with Gasteiger partial charge in [-0.2, -0.15) is 28.7 Å². The summed E-state index contributed by atoms with van der Waals surface area (Å²) in [7, 11) is 0. The second-order valence-electron chi connectivity index (χ2n) is 26.1. The zero-order chi connectivity index (χ0) is 56.4. The zero-order valence-electron chi connectivity index (χ0n) is 45.9. The number of ether oxygens (including phenoxy) is 8. The van der Waals surface area contributed by atoms with Crippen molar-refractivity contribution in [1.29, 1.82) is 0 Å². The first-order valence-corrected chi connectivity index (χ1v) is 29.8. The minimum absolute atomic E-state index is 0.0980. The Labute approximate surface area is 472 Å². The lowest BCUT2D eigenvalue weighted by molar-refractivity contribution is -0.198. The van der Waals surface area contributed by atoms with E-state index in [-0.39, 0.29) is 71.9 Å². The average molecular weight is 1130 g/mol. The standard InChI is InChI=1S/C59H70F2N10O11/c1-3-56(29-75-51(72)79-54-15-5-33(6-16-54)7-17-54)39(27-41(77-56)70-31-64-43-45(62)66-49(60)68-47(43)70)37-25-35-11-21-58(37,22-12-35)81-53(74)82-59-23-13-36(14-24-59)26-38(59)40-28-42(71-32-65-44-46(63)67-50(61)69-48(44)71)78-57(40,4-2)30-76-52(73)80-55-18-8-34(9-19-55)10-20-55/h1-2,31-42H,5-30H2,(H2,62,66,68)(H2,63,67,69). The molecule has 14 aliphatic rings. The number of anilines is 2. The van der Waals surface area contributed by atoms with Gasteiger partial charge in [0.1, 0.15) is 48.1 Å². The van der Waals surface area contributed by atoms with Crippen molar-refractivity contribution in [3.8, 4) is 24.7 Å². The van der Waals surface area contributed by atoms with Crippen LogP contribution < -0.4 is 11.5 Å². The number of hydrogen-bond acceptors (Lipinski definition) is 19. The number of terminal acetylenes is 2. The van der Waals surface area contributed by atoms with Crippen LogP contribution in [0, 0.1) is 84.2 Å². The number of fused-ring (bicyclic) bond motifs is 14. The largest absolute Gasteiger partial charge is 0.509 e. The third kappa shape index (κ3) is 8.95. The SMILES string of the molecule is C#CC1(COC(=O)OC23CCC(CC2)CC3)OC(n2cnc3c(N)nc(F)nc32)CC1C1CC2CCC1(OC(=O)OC13CCC(CC1)CC3C1CC(n3cnc4c(N)nc(F)nc43)OC1(C#C)COC(=O)OC13CCC(CC1)CC3)CC2. The number of aromatic nitrogens is 8. The van der Waals surface area contributed by atoms with E-state index in [0.29, 0.717) is 50.4 Å². The number of nitrogen functional groups attached to an aromatic ring is 2. The van der Waals surface area contributed by atoms with Gasteiger partial charge in [-0.05, 0) is 178 Å². The minimum atomic E-state index is -1.58. The molecule has 6 heterocycles. The Morgan fingerprint density at radius 3 is 1.26 bits per heavy atom. The van der Waals surface area contributed by atoms with Crippen LogP contribution in [0.15, 0.2) is 12.7 Å². The topological polar surface area (TPSA) is 264 Å². The number of imidazole rings is 2. The van der Waals surface area contributed by atoms with Gasteiger partial charge in [-0.1, -0.05) is 11.8 Å². The molecule has 14 fully saturated rings. The molecule has 4 N–H and O–H groups in total. The van der Waals surface area contributed by atoms with Crippen molar-refractivity contribution in [2.75, 3.05) is 24.7 Å². The Bertz CT molecular complexity index is 3040. The highest BCUT2D eigenvalue weighted by molar-refractivity contribution is 5.82. The van der Waals surface area contributed by atoms with Crippen LogP contribution in [0.2, 0.25) is 0 Å². The predicted molar refractivity (Wildman–Crippen MR) is 285 cm³/mol. The molecular formula is C59H70F2N10O11. The van der Waals surface area contributed by atoms with Gasteiger partial charge in [0.15, 0.2) is 45.2 Å². The first kappa shape index (κ1) is 53.4. The molecule has 8 atom stereocenters. The Hall–Kier alpha value is -6.59. The molecule has 0 spiro atoms. The van der Waals surface area contributed by atoms with Crippen molar-refractivity contribution in [1.82, 2.24) is 39.0 Å². The molecule has 4 aromatic heterocycles. The van der Waals surface area contributed by atoms with E-state index in [0.717, 1.165) is 103 Å². The quantitative estimate of drug-likeness (QED) is 0.0578. The molecular weight excluding hydrogens is 1060 g/mol. The van der Waals surface area contributed by atoms with Gasteiger partial charge in [-0.15, -0.1) is 12.8 Å². The van der Waals surface area contributed by atoms with Crippen molar-refractivity contribution in [2.45, 2.75) is 200 Å². The van der Waals surface area contributed by atoms with Gasteiger partial charge in [0.2, 0.25) is 0 Å². The van der Waals surface area contributed by atoms with Gasteiger partial charge in [0.25, 0.3) is 0 Å². The van der Waals surface area contributed by atoms with Crippen LogP contribution in [0.4, 0.5) is 34.8 Å². The summed E-state index contributed by atoms with van der Waals surface area (Å²) in [6, 6.07) is 0. The highest BCUT2D eigenvalue weighted by Gasteiger charge is 2.65. The van der Waals surface area contributed by atoms with Gasteiger partial charge in [0.05, 0.1) is 12.7 Å². The maximum Gasteiger partial charge on any atom is 0.509 e. The van der Waals surface area contributed by atoms with Crippen LogP contribution in [0.25, 0.3) is 22.3 Å². The van der Waals surface area contributed by atoms with E-state index in [1.807, 2.05) is 0 Å². The summed E-state index contributed by atoms with van der Waals surface area (Å²) in [5, 5.41) is 0. The third-order valence-electron chi connectivity index (χ3n) is 22.2. The van der Waals surface area contributed by atoms with Gasteiger partial charge in [0, 0.05) is 23.7 Å². The molecule has 8 bridgehead atoms. The summed E-state index contributed by atoms with van der Waals surface area (Å²) >= 11 is 0. The molecule has 0 amide bonds. The first-order valence-electron chi connectivity index (χ1n) is 29.8. The number of carbonyl (C=O) groups excluding carboxylic acids is 3. The molecule has 23 heteroatoms. The van der Waals surface area contributed by atoms with Crippen molar-refractivity contribution in [3.63, 3.8) is 0 Å². The highest BCUT2D eigenvalue weighted by atomic mass is 19.1. The van der Waals surface area contributed by atoms with Crippen molar-refractivity contribution in [3.05, 3.63) is 24.8 Å². The van der Waals surface area contributed by atoms with E-state index in [2.05, 4.69) is 41.7 Å². The van der Waals surface area contributed by atoms with Crippen molar-refractivity contribution in [2.24, 2.45) is 47.3 Å². The second-order valence-corrected chi connectivity index (χ2v) is 26.1. The zero-order valence-corrected chi connectivity index (χ0v) is 45.9. The van der Waals surface area contributed by atoms with Crippen LogP contribution in [0.1, 0.15) is 167 Å². The van der Waals surface area contributed by atoms with E-state index in [9.17, 15) is 18.4 Å². The number of rotatable bonds is 12. The second kappa shape index (κ2) is 19.8. The molecule has 2 aliphatic heterocycles. The minimum Gasteiger partial charge on any atom is -0.430 e. The smallest absolute Gasteiger partial charge is 0.430 e. The molecule has 8 unspecified atom stereocenters. The summed E-state index contributed by atoms with van der Waals surface area (Å²) in [5.74, 6) is 5.36. The van der Waals surface area contributed by atoms with Crippen LogP contribution in [-0.4, -0.2) is 104 Å². The number of carbonyl (C=O) groups is 3. The summed E-state index contributed by atoms with van der Waals surface area (Å²) in [6.07, 6.45) is 27.2. The van der Waals surface area contributed by atoms with E-state index in [1.165, 1.54) is 12.7 Å². The van der Waals surface area contributed by atoms with Crippen LogP contribution >= 0.6 is 0 Å². The average Bonchev–Trinajstić information content (AvgIpc) is 4.44. The molecule has 2 saturated heterocycles. The fraction of sp³-hybridized carbons (Fsp3) is 0.712. The number of nitrogens with two attached hydrogens (primary N) is 2. The lowest BCUT2D eigenvalue weighted by atomic mass is 9.55. The number of halogens is 2. The monoisotopic (exact) mass is 1130 g/mol. The summed E-state index contributed by atoms with van der Waals surface area (Å²) in [6.45, 7) is -0.746. The summed E-state index contributed by atoms with van der Waals surface area (Å²) < 4.78 is 84.9. The highest BCUT2D eigenvalue weighted by Crippen LogP contribution is 2.62. The molecule has 12 aliphatic carbocycles. The normalized spacial score (nSPS) is 39.7. The van der Waals surface area contributed by atoms with Crippen LogP contribution in [0.3, 0.4) is 0 Å². The molecule has 4 aromatic rings. The Kier molecular flexibility index (Phi) is 12.9. The van der Waals surface area contributed by atoms with Crippen molar-refractivity contribution >= 4 is 52.4 Å². The number of hydrogen-bond donors (Lipinski definition) is 2. The van der Waals surface area contributed by atoms with Crippen LogP contribution in [0.5, 0.6) is 0 Å². The Balaban J connectivity index is 0.760. The van der Waals surface area contributed by atoms with Gasteiger partial charge in [-0.25, -0.2) is 24.4 Å². The fourth-order valence-electron chi connectivity index (χ4n) is 17.7. The maximum atomic E-state index is 15.3. The van der Waals surface area contributed by atoms with Gasteiger partial charge < -0.3 is 49.4 Å². The van der Waals surface area contributed by atoms with E-state index in [4.69, 9.17) is 62.2 Å². The predicted octanol–water partition coefficient (Wildman–Crippen LogP) is 9.73. The van der Waals surface area contributed by atoms with E-state index < -0.39 is 100 Å². The molecule has 82 heavy (non-hydrogen) atoms. The number of nitrogens with zero attached hydrogens (tertiary/aromatic N) is 8. The third-order valence-corrected chi connectivity index (χ3v) is 22.2. The molecule has 12 saturated carbocycles. The molecule has 0 radical (unpaired) electrons. The van der Waals surface area contributed by atoms with E-state index >= 15 is 4.79 Å². The molecule has 436 valence electrons. The lowest BCUT2D eigenvalue weighted by Gasteiger charge is -2.56. The lowest BCUT2D eigenvalue weighted by Crippen LogP contribution is -2.60. The van der Waals surface area contributed by atoms with Crippen LogP contribution in [-0.2, 0) is 37.9 Å². The molecule has 0 aromatic carbocycles. The van der Waals surface area contributed by atoms with Crippen molar-refractivity contribution < 1.29 is 61.1 Å². The first-order chi connectivity index (χ1) is 39.5. The fourth-order valence-corrected chi connectivity index (χ4v) is 17.7. The maximum absolute atomic E-state index is 15.3. The summed E-state index contributed by atoms with van der Waals surface area (Å²) in [5.41, 5.74) is 6.25. The Morgan fingerprint density at radius 2 is 0.890 bits per heavy atom. The molecule has 18 rings (SSSR count). The van der Waals surface area contributed by atoms with E-state index in [1.54, 1.807) is 9.13 Å². The molecule has 21 nitrogen and oxygen atoms in total. The van der Waals surface area contributed by atoms with Gasteiger partial charge >= 0.3 is 30.6 Å². The van der Waals surface area contributed by atoms with Gasteiger partial charge in [-0.3, -0.25) is 9.13 Å². The summed E-state index contributed by atoms with van der Waals surface area (Å²) in [4.78, 5) is 67.2. The Morgan fingerprint density at radius 1 is 0.524 bits per heavy atom.